The van der Waals surface area contributed by atoms with Gasteiger partial charge in [-0.3, -0.25) is 0 Å². The third-order valence-corrected chi connectivity index (χ3v) is 3.01. The number of ether oxygens (including phenoxy) is 2. The standard InChI is InChI=1S/C14H24N4O2.4CH3.2Pt/c1-15-3-5-17(13-15)7-9-19-11-12-20-10-8-18-6-4-16(2)14-18;;;;;;/h3-6,13-14H,7-12H2,1-2H3;4*1H3;;/q-2;4*-1;;. The van der Waals surface area contributed by atoms with Gasteiger partial charge >= 0.3 is 0 Å². The van der Waals surface area contributed by atoms with Crippen molar-refractivity contribution in [1.82, 2.24) is 19.6 Å². The van der Waals surface area contributed by atoms with Gasteiger partial charge in [0.1, 0.15) is 0 Å². The van der Waals surface area contributed by atoms with Crippen LogP contribution in [-0.4, -0.2) is 73.2 Å². The molecule has 0 saturated heterocycles. The van der Waals surface area contributed by atoms with Crippen molar-refractivity contribution in [2.24, 2.45) is 0 Å². The molecule has 0 aliphatic carbocycles. The molecule has 0 atom stereocenters. The van der Waals surface area contributed by atoms with Crippen molar-refractivity contribution in [2.45, 2.75) is 0 Å². The van der Waals surface area contributed by atoms with E-state index in [0.717, 1.165) is 13.1 Å². The van der Waals surface area contributed by atoms with Crippen LogP contribution in [0, 0.1) is 43.0 Å². The third-order valence-electron chi connectivity index (χ3n) is 3.01. The second-order valence-corrected chi connectivity index (χ2v) is 4.86. The molecule has 0 saturated carbocycles. The van der Waals surface area contributed by atoms with E-state index >= 15 is 0 Å². The normalized spacial score (nSPS) is 13.8. The maximum atomic E-state index is 5.54. The van der Waals surface area contributed by atoms with Crippen LogP contribution in [0.5, 0.6) is 0 Å². The summed E-state index contributed by atoms with van der Waals surface area (Å²) in [6.45, 7) is 8.55. The molecule has 0 aromatic heterocycles. The minimum absolute atomic E-state index is 0. The zero-order valence-corrected chi connectivity index (χ0v) is 21.5. The van der Waals surface area contributed by atoms with Gasteiger partial charge in [-0.2, -0.15) is 13.3 Å². The fourth-order valence-electron chi connectivity index (χ4n) is 1.93. The molecular weight excluding hydrogens is 694 g/mol. The van der Waals surface area contributed by atoms with Crippen molar-refractivity contribution in [3.05, 3.63) is 67.8 Å². The van der Waals surface area contributed by atoms with Gasteiger partial charge in [-0.25, -0.2) is 0 Å². The minimum atomic E-state index is 0. The Morgan fingerprint density at radius 1 is 0.615 bits per heavy atom. The monoisotopic (exact) mass is 730 g/mol. The molecular formula is C18H36N4O2Pt2-6. The molecule has 0 amide bonds. The quantitative estimate of drug-likeness (QED) is 0.268. The Labute approximate surface area is 192 Å². The zero-order valence-electron chi connectivity index (χ0n) is 16.9. The van der Waals surface area contributed by atoms with E-state index in [1.165, 1.54) is 0 Å². The van der Waals surface area contributed by atoms with Gasteiger partial charge in [-0.05, 0) is 38.9 Å². The van der Waals surface area contributed by atoms with E-state index in [2.05, 4.69) is 9.80 Å². The van der Waals surface area contributed by atoms with E-state index in [1.807, 2.05) is 62.0 Å². The summed E-state index contributed by atoms with van der Waals surface area (Å²) in [5.74, 6) is 0. The maximum Gasteiger partial charge on any atom is 0.0701 e. The van der Waals surface area contributed by atoms with Crippen molar-refractivity contribution in [3.63, 3.8) is 0 Å². The van der Waals surface area contributed by atoms with Crippen LogP contribution in [0.25, 0.3) is 0 Å². The minimum Gasteiger partial charge on any atom is -0.511 e. The van der Waals surface area contributed by atoms with Gasteiger partial charge < -0.3 is 58.8 Å². The molecule has 0 radical (unpaired) electrons. The molecule has 0 N–H and O–H groups in total. The predicted molar refractivity (Wildman–Crippen MR) is 103 cm³/mol. The molecule has 0 unspecified atom stereocenters. The second kappa shape index (κ2) is 21.3. The molecule has 2 aliphatic heterocycles. The second-order valence-electron chi connectivity index (χ2n) is 4.86. The van der Waals surface area contributed by atoms with Crippen LogP contribution in [-0.2, 0) is 51.6 Å². The van der Waals surface area contributed by atoms with Gasteiger partial charge in [-0.15, -0.1) is 0 Å². The van der Waals surface area contributed by atoms with Crippen LogP contribution in [0.15, 0.2) is 24.8 Å². The summed E-state index contributed by atoms with van der Waals surface area (Å²) in [5, 5.41) is 0. The van der Waals surface area contributed by atoms with E-state index in [1.54, 1.807) is 0 Å². The fourth-order valence-corrected chi connectivity index (χ4v) is 1.93. The van der Waals surface area contributed by atoms with Gasteiger partial charge in [-0.1, -0.05) is 0 Å². The smallest absolute Gasteiger partial charge is 0.0701 e. The van der Waals surface area contributed by atoms with E-state index in [0.29, 0.717) is 26.4 Å². The summed E-state index contributed by atoms with van der Waals surface area (Å²) in [6, 6.07) is 0. The zero-order chi connectivity index (χ0) is 14.2. The Bertz CT molecular complexity index is 315. The van der Waals surface area contributed by atoms with Gasteiger partial charge in [0.2, 0.25) is 0 Å². The summed E-state index contributed by atoms with van der Waals surface area (Å²) in [7, 11) is 4.02. The Balaban J connectivity index is -0.000000245. The van der Waals surface area contributed by atoms with Crippen LogP contribution in [0.4, 0.5) is 0 Å². The number of nitrogens with zero attached hydrogens (tertiary/aromatic N) is 4. The largest absolute Gasteiger partial charge is 0.511 e. The van der Waals surface area contributed by atoms with Crippen molar-refractivity contribution < 1.29 is 51.6 Å². The van der Waals surface area contributed by atoms with Gasteiger partial charge in [0.05, 0.1) is 26.4 Å². The summed E-state index contributed by atoms with van der Waals surface area (Å²) in [6.07, 6.45) is 8.11. The van der Waals surface area contributed by atoms with E-state index in [4.69, 9.17) is 9.47 Å². The molecule has 2 rings (SSSR count). The first-order chi connectivity index (χ1) is 9.74. The Hall–Kier alpha value is -0.0234. The van der Waals surface area contributed by atoms with E-state index in [-0.39, 0.29) is 71.8 Å². The molecule has 2 aliphatic rings. The van der Waals surface area contributed by atoms with Crippen molar-refractivity contribution in [1.29, 1.82) is 0 Å². The average Bonchev–Trinajstić information content (AvgIpc) is 3.02. The van der Waals surface area contributed by atoms with Crippen LogP contribution < -0.4 is 0 Å². The molecule has 0 fully saturated rings. The molecule has 6 nitrogen and oxygen atoms in total. The van der Waals surface area contributed by atoms with Crippen LogP contribution in [0.3, 0.4) is 0 Å². The van der Waals surface area contributed by atoms with Crippen molar-refractivity contribution in [2.75, 3.05) is 53.6 Å². The molecule has 0 aromatic carbocycles. The average molecular weight is 731 g/mol. The van der Waals surface area contributed by atoms with Gasteiger partial charge in [0.15, 0.2) is 0 Å². The Morgan fingerprint density at radius 2 is 0.962 bits per heavy atom. The van der Waals surface area contributed by atoms with Crippen LogP contribution in [0.2, 0.25) is 0 Å². The maximum absolute atomic E-state index is 5.54. The van der Waals surface area contributed by atoms with Crippen molar-refractivity contribution >= 4 is 0 Å². The van der Waals surface area contributed by atoms with Crippen molar-refractivity contribution in [3.8, 4) is 0 Å². The van der Waals surface area contributed by atoms with E-state index < -0.39 is 0 Å². The molecule has 166 valence electrons. The molecule has 26 heavy (non-hydrogen) atoms. The predicted octanol–water partition coefficient (Wildman–Crippen LogP) is 2.49. The Kier molecular flexibility index (Phi) is 30.1. The summed E-state index contributed by atoms with van der Waals surface area (Å²) >= 11 is 0. The Morgan fingerprint density at radius 3 is 1.23 bits per heavy atom. The third kappa shape index (κ3) is 15.1. The topological polar surface area (TPSA) is 31.4 Å². The first-order valence-corrected chi connectivity index (χ1v) is 6.91. The SMILES string of the molecule is CN1C=CN(CCOCCOCCN2C=CN(C)[CH-]2)[CH-]1.[CH3-].[CH3-].[CH3-].[CH3-].[Pt].[Pt]. The molecule has 8 heteroatoms. The first-order valence-electron chi connectivity index (χ1n) is 6.91. The molecule has 2 heterocycles. The van der Waals surface area contributed by atoms with Gasteiger partial charge in [0.25, 0.3) is 0 Å². The van der Waals surface area contributed by atoms with Gasteiger partial charge in [0, 0.05) is 55.2 Å². The first kappa shape index (κ1) is 36.8. The van der Waals surface area contributed by atoms with E-state index in [9.17, 15) is 0 Å². The van der Waals surface area contributed by atoms with Crippen LogP contribution in [0.1, 0.15) is 0 Å². The number of rotatable bonds is 9. The summed E-state index contributed by atoms with van der Waals surface area (Å²) < 4.78 is 11.1. The summed E-state index contributed by atoms with van der Waals surface area (Å²) in [5.41, 5.74) is 0. The molecule has 0 spiro atoms. The van der Waals surface area contributed by atoms with Crippen LogP contribution >= 0.6 is 0 Å². The number of hydrogen-bond acceptors (Lipinski definition) is 6. The number of hydrogen-bond donors (Lipinski definition) is 0. The summed E-state index contributed by atoms with van der Waals surface area (Å²) in [4.78, 5) is 8.24. The molecule has 0 bridgehead atoms. The molecule has 0 aromatic rings. The fraction of sp³-hybridized carbons (Fsp3) is 0.444.